The zero-order valence-electron chi connectivity index (χ0n) is 11.4. The molecule has 0 amide bonds. The molecule has 2 aromatic rings. The van der Waals surface area contributed by atoms with Crippen molar-refractivity contribution in [3.05, 3.63) is 45.9 Å². The number of methoxy groups -OCH3 is 1. The van der Waals surface area contributed by atoms with E-state index >= 15 is 0 Å². The van der Waals surface area contributed by atoms with Gasteiger partial charge >= 0.3 is 12.1 Å². The highest BCUT2D eigenvalue weighted by Gasteiger charge is 2.21. The Bertz CT molecular complexity index is 770. The molecule has 0 heterocycles. The Morgan fingerprint density at radius 1 is 1.05 bits per heavy atom. The van der Waals surface area contributed by atoms with E-state index in [0.29, 0.717) is 25.5 Å². The maximum atomic E-state index is 11.5. The molecule has 0 atom stereocenters. The summed E-state index contributed by atoms with van der Waals surface area (Å²) in [7, 11) is 1.22. The summed E-state index contributed by atoms with van der Waals surface area (Å²) in [6, 6.07) is 7.01. The van der Waals surface area contributed by atoms with Crippen LogP contribution in [-0.4, -0.2) is 19.2 Å². The van der Waals surface area contributed by atoms with Gasteiger partial charge in [-0.05, 0) is 31.9 Å². The number of ether oxygens (including phenoxy) is 3. The molecule has 0 saturated carbocycles. The van der Waals surface area contributed by atoms with Crippen LogP contribution in [0.2, 0.25) is 0 Å². The average Bonchev–Trinajstić information content (AvgIpc) is 2.54. The third-order valence-corrected chi connectivity index (χ3v) is 4.77. The van der Waals surface area contributed by atoms with Crippen LogP contribution in [0.5, 0.6) is 11.5 Å². The Balaban J connectivity index is 2.71. The predicted molar refractivity (Wildman–Crippen MR) is 88.2 cm³/mol. The van der Waals surface area contributed by atoms with Gasteiger partial charge in [-0.3, -0.25) is 0 Å². The van der Waals surface area contributed by atoms with E-state index in [1.165, 1.54) is 7.11 Å². The highest BCUT2D eigenvalue weighted by atomic mass is 79.9. The van der Waals surface area contributed by atoms with Crippen molar-refractivity contribution in [3.63, 3.8) is 0 Å². The SMILES string of the molecule is C=CC(=O)Oc1c(Br)c(Br)c(OC(=O)OC)c2ccccc12. The van der Waals surface area contributed by atoms with E-state index < -0.39 is 12.1 Å². The largest absolute Gasteiger partial charge is 0.513 e. The predicted octanol–water partition coefficient (Wildman–Crippen LogP) is 4.60. The second-order valence-electron chi connectivity index (χ2n) is 4.01. The van der Waals surface area contributed by atoms with Gasteiger partial charge in [0.05, 0.1) is 16.1 Å². The van der Waals surface area contributed by atoms with Gasteiger partial charge in [0.1, 0.15) is 0 Å². The van der Waals surface area contributed by atoms with Crippen LogP contribution in [-0.2, 0) is 9.53 Å². The normalized spacial score (nSPS) is 10.1. The average molecular weight is 430 g/mol. The van der Waals surface area contributed by atoms with Crippen molar-refractivity contribution < 1.29 is 23.8 Å². The van der Waals surface area contributed by atoms with Gasteiger partial charge in [0.15, 0.2) is 11.5 Å². The van der Waals surface area contributed by atoms with Gasteiger partial charge in [0.25, 0.3) is 0 Å². The molecule has 2 rings (SSSR count). The number of fused-ring (bicyclic) bond motifs is 1. The number of hydrogen-bond acceptors (Lipinski definition) is 5. The summed E-state index contributed by atoms with van der Waals surface area (Å²) in [5.41, 5.74) is 0. The molecule has 0 fully saturated rings. The highest BCUT2D eigenvalue weighted by molar-refractivity contribution is 9.13. The lowest BCUT2D eigenvalue weighted by molar-refractivity contribution is -0.128. The Morgan fingerprint density at radius 3 is 2.00 bits per heavy atom. The van der Waals surface area contributed by atoms with Crippen LogP contribution in [0, 0.1) is 0 Å². The molecule has 114 valence electrons. The van der Waals surface area contributed by atoms with Gasteiger partial charge in [-0.15, -0.1) is 0 Å². The molecule has 0 aromatic heterocycles. The van der Waals surface area contributed by atoms with Crippen LogP contribution < -0.4 is 9.47 Å². The molecular formula is C15H10Br2O5. The fraction of sp³-hybridized carbons (Fsp3) is 0.0667. The van der Waals surface area contributed by atoms with Crippen molar-refractivity contribution in [3.8, 4) is 11.5 Å². The van der Waals surface area contributed by atoms with E-state index in [-0.39, 0.29) is 5.75 Å². The van der Waals surface area contributed by atoms with Crippen LogP contribution in [0.4, 0.5) is 4.79 Å². The first-order valence-electron chi connectivity index (χ1n) is 5.99. The fourth-order valence-corrected chi connectivity index (χ4v) is 2.73. The van der Waals surface area contributed by atoms with Gasteiger partial charge in [0, 0.05) is 16.8 Å². The van der Waals surface area contributed by atoms with Crippen LogP contribution in [0.15, 0.2) is 45.9 Å². The standard InChI is InChI=1S/C15H10Br2O5/c1-3-10(18)21-13-8-6-4-5-7-9(8)14(12(17)11(13)16)22-15(19)20-2/h3-7H,1H2,2H3. The van der Waals surface area contributed by atoms with E-state index in [4.69, 9.17) is 9.47 Å². The minimum atomic E-state index is -0.853. The zero-order chi connectivity index (χ0) is 16.3. The summed E-state index contributed by atoms with van der Waals surface area (Å²) in [5, 5.41) is 1.17. The number of carbonyl (C=O) groups excluding carboxylic acids is 2. The van der Waals surface area contributed by atoms with Crippen LogP contribution in [0.1, 0.15) is 0 Å². The zero-order valence-corrected chi connectivity index (χ0v) is 14.6. The van der Waals surface area contributed by atoms with Gasteiger partial charge in [0.2, 0.25) is 0 Å². The molecule has 0 radical (unpaired) electrons. The van der Waals surface area contributed by atoms with Crippen LogP contribution in [0.25, 0.3) is 10.8 Å². The topological polar surface area (TPSA) is 61.8 Å². The van der Waals surface area contributed by atoms with Crippen molar-refractivity contribution in [1.29, 1.82) is 0 Å². The van der Waals surface area contributed by atoms with Gasteiger partial charge < -0.3 is 14.2 Å². The summed E-state index contributed by atoms with van der Waals surface area (Å²) in [5.74, 6) is -0.0447. The Kier molecular flexibility index (Phi) is 5.20. The fourth-order valence-electron chi connectivity index (χ4n) is 1.78. The maximum Gasteiger partial charge on any atom is 0.513 e. The van der Waals surface area contributed by atoms with E-state index in [2.05, 4.69) is 43.2 Å². The van der Waals surface area contributed by atoms with Crippen molar-refractivity contribution >= 4 is 54.8 Å². The van der Waals surface area contributed by atoms with Gasteiger partial charge in [-0.1, -0.05) is 30.8 Å². The van der Waals surface area contributed by atoms with E-state index in [0.717, 1.165) is 6.08 Å². The summed E-state index contributed by atoms with van der Waals surface area (Å²) < 4.78 is 15.8. The third kappa shape index (κ3) is 3.15. The molecule has 0 aliphatic carbocycles. The van der Waals surface area contributed by atoms with Crippen molar-refractivity contribution in [2.45, 2.75) is 0 Å². The quantitative estimate of drug-likeness (QED) is 0.309. The summed E-state index contributed by atoms with van der Waals surface area (Å²) in [6.45, 7) is 3.37. The molecule has 0 bridgehead atoms. The molecule has 0 aliphatic rings. The second kappa shape index (κ2) is 6.93. The molecule has 0 spiro atoms. The monoisotopic (exact) mass is 428 g/mol. The first-order chi connectivity index (χ1) is 10.5. The molecule has 22 heavy (non-hydrogen) atoms. The molecule has 7 heteroatoms. The number of esters is 1. The first kappa shape index (κ1) is 16.5. The summed E-state index contributed by atoms with van der Waals surface area (Å²) in [6.07, 6.45) is 0.210. The number of hydrogen-bond donors (Lipinski definition) is 0. The van der Waals surface area contributed by atoms with Gasteiger partial charge in [-0.25, -0.2) is 9.59 Å². The number of carbonyl (C=O) groups is 2. The van der Waals surface area contributed by atoms with Gasteiger partial charge in [-0.2, -0.15) is 0 Å². The van der Waals surface area contributed by atoms with Crippen molar-refractivity contribution in [1.82, 2.24) is 0 Å². The maximum absolute atomic E-state index is 11.5. The van der Waals surface area contributed by atoms with Crippen molar-refractivity contribution in [2.24, 2.45) is 0 Å². The summed E-state index contributed by atoms with van der Waals surface area (Å²) in [4.78, 5) is 22.9. The van der Waals surface area contributed by atoms with Crippen LogP contribution in [0.3, 0.4) is 0 Å². The lowest BCUT2D eigenvalue weighted by Crippen LogP contribution is -2.09. The first-order valence-corrected chi connectivity index (χ1v) is 7.58. The molecule has 0 aliphatic heterocycles. The Labute approximate surface area is 143 Å². The van der Waals surface area contributed by atoms with Crippen molar-refractivity contribution in [2.75, 3.05) is 7.11 Å². The minimum Gasteiger partial charge on any atom is -0.437 e. The lowest BCUT2D eigenvalue weighted by atomic mass is 10.1. The Hall–Kier alpha value is -1.86. The number of benzene rings is 2. The second-order valence-corrected chi connectivity index (χ2v) is 5.60. The lowest BCUT2D eigenvalue weighted by Gasteiger charge is -2.15. The molecule has 5 nitrogen and oxygen atoms in total. The molecule has 0 saturated heterocycles. The summed E-state index contributed by atoms with van der Waals surface area (Å²) >= 11 is 6.66. The molecule has 0 unspecified atom stereocenters. The highest BCUT2D eigenvalue weighted by Crippen LogP contribution is 2.47. The molecule has 0 N–H and O–H groups in total. The van der Waals surface area contributed by atoms with E-state index in [1.54, 1.807) is 24.3 Å². The third-order valence-electron chi connectivity index (χ3n) is 2.73. The van der Waals surface area contributed by atoms with E-state index in [9.17, 15) is 9.59 Å². The van der Waals surface area contributed by atoms with Crippen LogP contribution >= 0.6 is 31.9 Å². The van der Waals surface area contributed by atoms with E-state index in [1.807, 2.05) is 0 Å². The number of halogens is 2. The molecule has 2 aromatic carbocycles. The minimum absolute atomic E-state index is 0.257. The smallest absolute Gasteiger partial charge is 0.437 e. The molecular weight excluding hydrogens is 420 g/mol. The Morgan fingerprint density at radius 2 is 1.55 bits per heavy atom. The number of rotatable bonds is 3.